The number of hydrogen-bond acceptors (Lipinski definition) is 6. The summed E-state index contributed by atoms with van der Waals surface area (Å²) in [5.41, 5.74) is 4.34. The van der Waals surface area contributed by atoms with Crippen molar-refractivity contribution in [1.29, 1.82) is 5.26 Å². The number of rotatable bonds is 9. The average molecular weight is 509 g/mol. The fourth-order valence-corrected chi connectivity index (χ4v) is 4.86. The van der Waals surface area contributed by atoms with E-state index in [1.165, 1.54) is 0 Å². The van der Waals surface area contributed by atoms with E-state index in [1.54, 1.807) is 14.0 Å². The van der Waals surface area contributed by atoms with Gasteiger partial charge in [0.2, 0.25) is 5.91 Å². The summed E-state index contributed by atoms with van der Waals surface area (Å²) in [6.07, 6.45) is 2.80. The molecule has 2 fully saturated rings. The van der Waals surface area contributed by atoms with Gasteiger partial charge in [-0.2, -0.15) is 5.26 Å². The van der Waals surface area contributed by atoms with Crippen LogP contribution in [0.15, 0.2) is 30.3 Å². The van der Waals surface area contributed by atoms with Crippen molar-refractivity contribution in [2.45, 2.75) is 56.9 Å². The molecular formula is C28H33ClN4O3. The lowest BCUT2D eigenvalue weighted by Gasteiger charge is -2.41. The second-order valence-corrected chi connectivity index (χ2v) is 10.4. The van der Waals surface area contributed by atoms with Gasteiger partial charge in [0.15, 0.2) is 5.78 Å². The summed E-state index contributed by atoms with van der Waals surface area (Å²) in [6.45, 7) is 5.98. The number of carbonyl (C=O) groups is 2. The molecular weight excluding hydrogens is 476 g/mol. The number of carbonyl (C=O) groups excluding carboxylic acids is 2. The minimum atomic E-state index is -0.528. The Morgan fingerprint density at radius 2 is 2.06 bits per heavy atom. The first-order chi connectivity index (χ1) is 17.3. The second-order valence-electron chi connectivity index (χ2n) is 9.76. The zero-order valence-electron chi connectivity index (χ0n) is 21.2. The highest BCUT2D eigenvalue weighted by Gasteiger charge is 2.33. The number of ketones is 1. The number of pyridine rings is 1. The normalized spacial score (nSPS) is 18.6. The fourth-order valence-electron chi connectivity index (χ4n) is 4.78. The summed E-state index contributed by atoms with van der Waals surface area (Å²) in [5.74, 6) is 1.14. The summed E-state index contributed by atoms with van der Waals surface area (Å²) in [5, 5.41) is 9.52. The number of piperazine rings is 1. The maximum Gasteiger partial charge on any atom is 0.225 e. The molecule has 1 saturated carbocycles. The number of anilines is 1. The Kier molecular flexibility index (Phi) is 8.28. The van der Waals surface area contributed by atoms with Crippen LogP contribution in [0.4, 0.5) is 5.82 Å². The van der Waals surface area contributed by atoms with Crippen LogP contribution >= 0.6 is 11.6 Å². The van der Waals surface area contributed by atoms with E-state index in [2.05, 4.69) is 11.0 Å². The van der Waals surface area contributed by atoms with Crippen molar-refractivity contribution >= 4 is 29.1 Å². The number of halogens is 1. The molecule has 0 N–H and O–H groups in total. The van der Waals surface area contributed by atoms with Gasteiger partial charge < -0.3 is 14.5 Å². The van der Waals surface area contributed by atoms with E-state index in [0.29, 0.717) is 50.0 Å². The highest BCUT2D eigenvalue weighted by Crippen LogP contribution is 2.45. The zero-order valence-corrected chi connectivity index (χ0v) is 21.9. The first-order valence-electron chi connectivity index (χ1n) is 12.6. The van der Waals surface area contributed by atoms with Gasteiger partial charge in [0.1, 0.15) is 11.9 Å². The van der Waals surface area contributed by atoms with Gasteiger partial charge in [0.05, 0.1) is 29.7 Å². The molecule has 0 unspecified atom stereocenters. The zero-order chi connectivity index (χ0) is 25.8. The van der Waals surface area contributed by atoms with Gasteiger partial charge in [-0.05, 0) is 43.9 Å². The molecule has 0 spiro atoms. The summed E-state index contributed by atoms with van der Waals surface area (Å²) in [6, 6.07) is 12.2. The highest BCUT2D eigenvalue weighted by atomic mass is 35.5. The Hall–Kier alpha value is -2.95. The third kappa shape index (κ3) is 5.88. The van der Waals surface area contributed by atoms with Gasteiger partial charge in [-0.15, -0.1) is 11.6 Å². The quantitative estimate of drug-likeness (QED) is 0.469. The van der Waals surface area contributed by atoms with Crippen molar-refractivity contribution in [1.82, 2.24) is 9.88 Å². The molecule has 1 aromatic heterocycles. The standard InChI is InChI=1S/C28H33ClN4O3/c1-18-17-32(10-11-33(18)26(35)9-12-36-3)28-23(16-30)15-24(27(31-28)21-7-8-21)22-6-4-5-20(13-22)14-25(34)19(2)29/h4-6,13,15,18-19,21H,7-12,14,17H2,1-3H3/t18-,19-/m1/s1. The number of methoxy groups -OCH3 is 1. The largest absolute Gasteiger partial charge is 0.384 e. The smallest absolute Gasteiger partial charge is 0.225 e. The van der Waals surface area contributed by atoms with E-state index in [9.17, 15) is 14.9 Å². The van der Waals surface area contributed by atoms with Crippen molar-refractivity contribution in [3.63, 3.8) is 0 Å². The van der Waals surface area contributed by atoms with Crippen molar-refractivity contribution < 1.29 is 14.3 Å². The Bertz CT molecular complexity index is 1170. The Morgan fingerprint density at radius 1 is 1.28 bits per heavy atom. The Morgan fingerprint density at radius 3 is 2.69 bits per heavy atom. The van der Waals surface area contributed by atoms with Gasteiger partial charge >= 0.3 is 0 Å². The summed E-state index contributed by atoms with van der Waals surface area (Å²) in [7, 11) is 1.60. The third-order valence-corrected chi connectivity index (χ3v) is 7.19. The van der Waals surface area contributed by atoms with Crippen molar-refractivity contribution in [2.75, 3.05) is 38.3 Å². The van der Waals surface area contributed by atoms with Gasteiger partial charge in [-0.1, -0.05) is 24.3 Å². The third-order valence-electron chi connectivity index (χ3n) is 6.94. The number of aromatic nitrogens is 1. The minimum absolute atomic E-state index is 0.0130. The van der Waals surface area contributed by atoms with Crippen LogP contribution in [0.1, 0.15) is 55.8 Å². The molecule has 1 aromatic carbocycles. The van der Waals surface area contributed by atoms with Crippen LogP contribution in [0.2, 0.25) is 0 Å². The molecule has 190 valence electrons. The predicted octanol–water partition coefficient (Wildman–Crippen LogP) is 4.31. The molecule has 2 heterocycles. The molecule has 2 aromatic rings. The van der Waals surface area contributed by atoms with Crippen LogP contribution in [0, 0.1) is 11.3 Å². The monoisotopic (exact) mass is 508 g/mol. The number of hydrogen-bond donors (Lipinski definition) is 0. The summed E-state index contributed by atoms with van der Waals surface area (Å²) >= 11 is 5.97. The van der Waals surface area contributed by atoms with Crippen LogP contribution in [0.3, 0.4) is 0 Å². The predicted molar refractivity (Wildman–Crippen MR) is 140 cm³/mol. The van der Waals surface area contributed by atoms with Crippen LogP contribution in [-0.2, 0) is 20.7 Å². The first kappa shape index (κ1) is 26.1. The van der Waals surface area contributed by atoms with E-state index in [0.717, 1.165) is 35.2 Å². The summed E-state index contributed by atoms with van der Waals surface area (Å²) < 4.78 is 5.06. The average Bonchev–Trinajstić information content (AvgIpc) is 3.72. The highest BCUT2D eigenvalue weighted by molar-refractivity contribution is 6.30. The molecule has 1 aliphatic heterocycles. The second kappa shape index (κ2) is 11.4. The lowest BCUT2D eigenvalue weighted by atomic mass is 9.96. The first-order valence-corrected chi connectivity index (χ1v) is 13.0. The lowest BCUT2D eigenvalue weighted by Crippen LogP contribution is -2.54. The lowest BCUT2D eigenvalue weighted by molar-refractivity contribution is -0.134. The number of nitrogens with zero attached hydrogens (tertiary/aromatic N) is 4. The maximum atomic E-state index is 12.5. The molecule has 7 nitrogen and oxygen atoms in total. The SMILES string of the molecule is COCCC(=O)N1CCN(c2nc(C3CC3)c(-c3cccc(CC(=O)[C@@H](C)Cl)c3)cc2C#N)C[C@H]1C. The molecule has 8 heteroatoms. The van der Waals surface area contributed by atoms with Gasteiger partial charge in [-0.25, -0.2) is 4.98 Å². The molecule has 1 amide bonds. The summed E-state index contributed by atoms with van der Waals surface area (Å²) in [4.78, 5) is 33.8. The van der Waals surface area contributed by atoms with E-state index in [-0.39, 0.29) is 24.2 Å². The van der Waals surface area contributed by atoms with Gasteiger partial charge in [0.25, 0.3) is 0 Å². The van der Waals surface area contributed by atoms with E-state index in [4.69, 9.17) is 21.3 Å². The van der Waals surface area contributed by atoms with E-state index in [1.807, 2.05) is 42.2 Å². The number of Topliss-reactive ketones (excluding diaryl/α,β-unsaturated/α-hetero) is 1. The molecule has 2 aliphatic rings. The molecule has 1 aliphatic carbocycles. The molecule has 2 atom stereocenters. The fraction of sp³-hybridized carbons (Fsp3) is 0.500. The minimum Gasteiger partial charge on any atom is -0.384 e. The van der Waals surface area contributed by atoms with Crippen molar-refractivity contribution in [2.24, 2.45) is 0 Å². The van der Waals surface area contributed by atoms with E-state index >= 15 is 0 Å². The van der Waals surface area contributed by atoms with Crippen molar-refractivity contribution in [3.8, 4) is 17.2 Å². The molecule has 0 bridgehead atoms. The maximum absolute atomic E-state index is 12.5. The van der Waals surface area contributed by atoms with Crippen molar-refractivity contribution in [3.05, 3.63) is 47.2 Å². The Labute approximate surface area is 218 Å². The number of nitriles is 1. The Balaban J connectivity index is 1.62. The number of amides is 1. The molecule has 36 heavy (non-hydrogen) atoms. The number of alkyl halides is 1. The molecule has 1 saturated heterocycles. The molecule has 0 radical (unpaired) electrons. The molecule has 4 rings (SSSR count). The van der Waals surface area contributed by atoms with Gasteiger partial charge in [0, 0.05) is 50.7 Å². The van der Waals surface area contributed by atoms with E-state index < -0.39 is 5.38 Å². The van der Waals surface area contributed by atoms with Crippen LogP contribution in [-0.4, -0.2) is 66.3 Å². The van der Waals surface area contributed by atoms with Crippen LogP contribution < -0.4 is 4.90 Å². The topological polar surface area (TPSA) is 86.5 Å². The van der Waals surface area contributed by atoms with Gasteiger partial charge in [-0.3, -0.25) is 9.59 Å². The van der Waals surface area contributed by atoms with Crippen LogP contribution in [0.25, 0.3) is 11.1 Å². The van der Waals surface area contributed by atoms with Crippen LogP contribution in [0.5, 0.6) is 0 Å². The number of benzene rings is 1. The number of ether oxygens (including phenoxy) is 1.